The summed E-state index contributed by atoms with van der Waals surface area (Å²) in [5.74, 6) is 2.44. The van der Waals surface area contributed by atoms with Gasteiger partial charge in [0.05, 0.1) is 6.61 Å². The zero-order chi connectivity index (χ0) is 14.0. The highest BCUT2D eigenvalue weighted by atomic mass is 16.7. The van der Waals surface area contributed by atoms with Gasteiger partial charge in [0.15, 0.2) is 11.5 Å². The van der Waals surface area contributed by atoms with E-state index in [-0.39, 0.29) is 0 Å². The number of fused-ring (bicyclic) bond motifs is 1. The standard InChI is InChI=1S/C16H25NO3/c1-2-9-17-10-5-3-4-6-11-18-14-7-8-15-16(12-14)20-13-19-15/h7-8,12,17H,2-6,9-11,13H2,1H3. The molecule has 2 rings (SSSR count). The van der Waals surface area contributed by atoms with E-state index in [2.05, 4.69) is 12.2 Å². The van der Waals surface area contributed by atoms with Crippen LogP contribution in [0.25, 0.3) is 0 Å². The minimum atomic E-state index is 0.310. The Morgan fingerprint density at radius 3 is 2.80 bits per heavy atom. The van der Waals surface area contributed by atoms with Crippen molar-refractivity contribution in [2.45, 2.75) is 39.0 Å². The Kier molecular flexibility index (Phi) is 6.51. The van der Waals surface area contributed by atoms with Crippen LogP contribution in [0.2, 0.25) is 0 Å². The predicted octanol–water partition coefficient (Wildman–Crippen LogP) is 3.35. The normalized spacial score (nSPS) is 12.7. The molecule has 0 unspecified atom stereocenters. The first kappa shape index (κ1) is 15.0. The molecule has 0 atom stereocenters. The molecular weight excluding hydrogens is 254 g/mol. The first-order chi connectivity index (χ1) is 9.90. The summed E-state index contributed by atoms with van der Waals surface area (Å²) in [6, 6.07) is 5.73. The second-order valence-corrected chi connectivity index (χ2v) is 5.03. The van der Waals surface area contributed by atoms with Crippen molar-refractivity contribution < 1.29 is 14.2 Å². The molecule has 0 spiro atoms. The first-order valence-electron chi connectivity index (χ1n) is 7.63. The van der Waals surface area contributed by atoms with Crippen LogP contribution in [0.1, 0.15) is 39.0 Å². The van der Waals surface area contributed by atoms with E-state index in [1.54, 1.807) is 0 Å². The highest BCUT2D eigenvalue weighted by Gasteiger charge is 2.13. The zero-order valence-electron chi connectivity index (χ0n) is 12.3. The minimum Gasteiger partial charge on any atom is -0.493 e. The summed E-state index contributed by atoms with van der Waals surface area (Å²) in [5, 5.41) is 3.42. The molecule has 4 nitrogen and oxygen atoms in total. The lowest BCUT2D eigenvalue weighted by Crippen LogP contribution is -2.15. The Hall–Kier alpha value is -1.42. The molecule has 0 amide bonds. The molecule has 1 aliphatic heterocycles. The molecule has 1 aromatic rings. The average molecular weight is 279 g/mol. The highest BCUT2D eigenvalue weighted by Crippen LogP contribution is 2.35. The third kappa shape index (κ3) is 4.93. The molecule has 1 aliphatic rings. The van der Waals surface area contributed by atoms with Gasteiger partial charge in [0.2, 0.25) is 6.79 Å². The van der Waals surface area contributed by atoms with Crippen molar-refractivity contribution in [1.29, 1.82) is 0 Å². The van der Waals surface area contributed by atoms with Gasteiger partial charge in [-0.15, -0.1) is 0 Å². The van der Waals surface area contributed by atoms with Gasteiger partial charge in [-0.2, -0.15) is 0 Å². The largest absolute Gasteiger partial charge is 0.493 e. The van der Waals surface area contributed by atoms with Gasteiger partial charge in [-0.1, -0.05) is 19.8 Å². The van der Waals surface area contributed by atoms with Gasteiger partial charge in [-0.05, 0) is 44.5 Å². The maximum atomic E-state index is 5.73. The van der Waals surface area contributed by atoms with E-state index in [0.29, 0.717) is 6.79 Å². The maximum Gasteiger partial charge on any atom is 0.231 e. The number of hydrogen-bond acceptors (Lipinski definition) is 4. The SMILES string of the molecule is CCCNCCCCCCOc1ccc2c(c1)OCO2. The zero-order valence-corrected chi connectivity index (χ0v) is 12.3. The fraction of sp³-hybridized carbons (Fsp3) is 0.625. The topological polar surface area (TPSA) is 39.7 Å². The van der Waals surface area contributed by atoms with Gasteiger partial charge >= 0.3 is 0 Å². The maximum absolute atomic E-state index is 5.73. The molecule has 112 valence electrons. The van der Waals surface area contributed by atoms with E-state index < -0.39 is 0 Å². The molecule has 20 heavy (non-hydrogen) atoms. The summed E-state index contributed by atoms with van der Waals surface area (Å²) >= 11 is 0. The summed E-state index contributed by atoms with van der Waals surface area (Å²) in [6.45, 7) is 5.54. The summed E-state index contributed by atoms with van der Waals surface area (Å²) < 4.78 is 16.3. The van der Waals surface area contributed by atoms with Crippen molar-refractivity contribution in [3.8, 4) is 17.2 Å². The van der Waals surface area contributed by atoms with Gasteiger partial charge in [-0.25, -0.2) is 0 Å². The molecule has 0 saturated heterocycles. The summed E-state index contributed by atoms with van der Waals surface area (Å²) in [7, 11) is 0. The predicted molar refractivity (Wildman–Crippen MR) is 79.7 cm³/mol. The van der Waals surface area contributed by atoms with Crippen LogP contribution in [0.5, 0.6) is 17.2 Å². The van der Waals surface area contributed by atoms with Crippen LogP contribution in [0, 0.1) is 0 Å². The van der Waals surface area contributed by atoms with Crippen LogP contribution in [0.15, 0.2) is 18.2 Å². The summed E-state index contributed by atoms with van der Waals surface area (Å²) in [5.41, 5.74) is 0. The van der Waals surface area contributed by atoms with Crippen LogP contribution < -0.4 is 19.5 Å². The van der Waals surface area contributed by atoms with Crippen LogP contribution >= 0.6 is 0 Å². The van der Waals surface area contributed by atoms with Crippen molar-refractivity contribution >= 4 is 0 Å². The monoisotopic (exact) mass is 279 g/mol. The van der Waals surface area contributed by atoms with E-state index in [9.17, 15) is 0 Å². The number of ether oxygens (including phenoxy) is 3. The van der Waals surface area contributed by atoms with Crippen molar-refractivity contribution in [3.63, 3.8) is 0 Å². The quantitative estimate of drug-likeness (QED) is 0.667. The van der Waals surface area contributed by atoms with Crippen molar-refractivity contribution in [2.24, 2.45) is 0 Å². The number of unbranched alkanes of at least 4 members (excludes halogenated alkanes) is 3. The van der Waals surface area contributed by atoms with Crippen LogP contribution in [-0.4, -0.2) is 26.5 Å². The van der Waals surface area contributed by atoms with E-state index in [0.717, 1.165) is 43.4 Å². The molecule has 1 heterocycles. The fourth-order valence-corrected chi connectivity index (χ4v) is 2.16. The van der Waals surface area contributed by atoms with Gasteiger partial charge in [0, 0.05) is 6.07 Å². The number of hydrogen-bond donors (Lipinski definition) is 1. The average Bonchev–Trinajstić information content (AvgIpc) is 2.93. The Bertz CT molecular complexity index is 395. The summed E-state index contributed by atoms with van der Waals surface area (Å²) in [6.07, 6.45) is 6.05. The number of nitrogens with one attached hydrogen (secondary N) is 1. The van der Waals surface area contributed by atoms with Crippen LogP contribution in [0.3, 0.4) is 0 Å². The second-order valence-electron chi connectivity index (χ2n) is 5.03. The summed E-state index contributed by atoms with van der Waals surface area (Å²) in [4.78, 5) is 0. The highest BCUT2D eigenvalue weighted by molar-refractivity contribution is 5.46. The second kappa shape index (κ2) is 8.69. The van der Waals surface area contributed by atoms with Crippen LogP contribution in [0.4, 0.5) is 0 Å². The molecule has 0 aromatic heterocycles. The van der Waals surface area contributed by atoms with E-state index in [1.165, 1.54) is 25.7 Å². The lowest BCUT2D eigenvalue weighted by molar-refractivity contribution is 0.173. The third-order valence-corrected chi connectivity index (χ3v) is 3.29. The van der Waals surface area contributed by atoms with Crippen LogP contribution in [-0.2, 0) is 0 Å². The number of rotatable bonds is 10. The molecule has 0 fully saturated rings. The van der Waals surface area contributed by atoms with Gasteiger partial charge in [-0.3, -0.25) is 0 Å². The van der Waals surface area contributed by atoms with Crippen molar-refractivity contribution in [3.05, 3.63) is 18.2 Å². The Morgan fingerprint density at radius 2 is 1.90 bits per heavy atom. The third-order valence-electron chi connectivity index (χ3n) is 3.29. The number of benzene rings is 1. The molecular formula is C16H25NO3. The van der Waals surface area contributed by atoms with Gasteiger partial charge < -0.3 is 19.5 Å². The Morgan fingerprint density at radius 1 is 1.05 bits per heavy atom. The smallest absolute Gasteiger partial charge is 0.231 e. The molecule has 0 aliphatic carbocycles. The Balaban J connectivity index is 1.51. The molecule has 0 bridgehead atoms. The molecule has 1 N–H and O–H groups in total. The van der Waals surface area contributed by atoms with Gasteiger partial charge in [0.1, 0.15) is 5.75 Å². The molecule has 4 heteroatoms. The fourth-order valence-electron chi connectivity index (χ4n) is 2.16. The molecule has 0 saturated carbocycles. The van der Waals surface area contributed by atoms with E-state index in [4.69, 9.17) is 14.2 Å². The van der Waals surface area contributed by atoms with Gasteiger partial charge in [0.25, 0.3) is 0 Å². The van der Waals surface area contributed by atoms with E-state index in [1.807, 2.05) is 18.2 Å². The van der Waals surface area contributed by atoms with Crippen molar-refractivity contribution in [1.82, 2.24) is 5.32 Å². The minimum absolute atomic E-state index is 0.310. The molecule has 0 radical (unpaired) electrons. The van der Waals surface area contributed by atoms with Crippen molar-refractivity contribution in [2.75, 3.05) is 26.5 Å². The first-order valence-corrected chi connectivity index (χ1v) is 7.63. The van der Waals surface area contributed by atoms with E-state index >= 15 is 0 Å². The molecule has 1 aromatic carbocycles. The Labute approximate surface area is 121 Å². The lowest BCUT2D eigenvalue weighted by Gasteiger charge is -2.07. The lowest BCUT2D eigenvalue weighted by atomic mass is 10.2.